The van der Waals surface area contributed by atoms with Gasteiger partial charge in [0.1, 0.15) is 13.2 Å². The maximum Gasteiger partial charge on any atom is 0.329 e. The fourth-order valence-corrected chi connectivity index (χ4v) is 1.67. The number of halogens is 3. The fourth-order valence-electron chi connectivity index (χ4n) is 1.18. The van der Waals surface area contributed by atoms with Crippen molar-refractivity contribution in [3.8, 4) is 0 Å². The maximum atomic E-state index is 13.2. The largest absolute Gasteiger partial charge is 0.480 e. The lowest BCUT2D eigenvalue weighted by molar-refractivity contribution is -0.143. The van der Waals surface area contributed by atoms with Crippen molar-refractivity contribution in [2.45, 2.75) is 0 Å². The molecule has 0 aliphatic heterocycles. The third-order valence-corrected chi connectivity index (χ3v) is 2.50. The van der Waals surface area contributed by atoms with Crippen molar-refractivity contribution in [1.82, 2.24) is 5.32 Å². The monoisotopic (exact) mass is 338 g/mol. The minimum absolute atomic E-state index is 0.0724. The molecule has 0 radical (unpaired) electrons. The van der Waals surface area contributed by atoms with Crippen LogP contribution in [0.4, 0.5) is 14.9 Å². The zero-order valence-corrected chi connectivity index (χ0v) is 11.8. The Bertz CT molecular complexity index is 559. The second-order valence-corrected chi connectivity index (χ2v) is 4.46. The number of carbonyl (C=O) groups excluding carboxylic acids is 2. The van der Waals surface area contributed by atoms with E-state index in [1.165, 1.54) is 0 Å². The molecular weight excluding hydrogens is 330 g/mol. The minimum Gasteiger partial charge on any atom is -0.480 e. The van der Waals surface area contributed by atoms with Crippen molar-refractivity contribution in [2.75, 3.05) is 18.5 Å². The number of rotatable bonds is 5. The highest BCUT2D eigenvalue weighted by molar-refractivity contribution is 6.35. The number of anilines is 1. The van der Waals surface area contributed by atoms with Crippen LogP contribution in [0.3, 0.4) is 0 Å². The van der Waals surface area contributed by atoms with Crippen LogP contribution >= 0.6 is 23.2 Å². The lowest BCUT2D eigenvalue weighted by atomic mass is 10.3. The molecule has 3 amide bonds. The Kier molecular flexibility index (Phi) is 6.35. The predicted molar refractivity (Wildman–Crippen MR) is 72.0 cm³/mol. The molecule has 0 saturated carbocycles. The van der Waals surface area contributed by atoms with E-state index in [9.17, 15) is 18.8 Å². The van der Waals surface area contributed by atoms with Crippen LogP contribution in [-0.2, 0) is 14.3 Å². The Morgan fingerprint density at radius 3 is 2.29 bits per heavy atom. The third-order valence-electron chi connectivity index (χ3n) is 1.95. The van der Waals surface area contributed by atoms with Crippen LogP contribution in [0.2, 0.25) is 10.0 Å². The van der Waals surface area contributed by atoms with Crippen LogP contribution in [0.25, 0.3) is 0 Å². The van der Waals surface area contributed by atoms with Crippen LogP contribution in [0.15, 0.2) is 12.1 Å². The predicted octanol–water partition coefficient (Wildman–Crippen LogP) is 1.88. The van der Waals surface area contributed by atoms with Gasteiger partial charge in [0.05, 0.1) is 10.0 Å². The molecule has 0 aromatic heterocycles. The summed E-state index contributed by atoms with van der Waals surface area (Å²) in [6.45, 7) is -1.27. The molecule has 0 fully saturated rings. The topological polar surface area (TPSA) is 105 Å². The summed E-state index contributed by atoms with van der Waals surface area (Å²) >= 11 is 11.1. The van der Waals surface area contributed by atoms with E-state index >= 15 is 0 Å². The summed E-state index contributed by atoms with van der Waals surface area (Å²) in [5, 5.41) is 11.8. The molecule has 7 nitrogen and oxygen atoms in total. The summed E-state index contributed by atoms with van der Waals surface area (Å²) in [7, 11) is 0. The number of benzene rings is 1. The van der Waals surface area contributed by atoms with E-state index in [1.807, 2.05) is 5.32 Å². The standard InChI is InChI=1S/C11H9Cl2FN2O5/c12-6-1-5(2-7(13)10(6)14)15-11(20)16-8(17)3-21-4-9(18)19/h1-2H,3-4H2,(H,18,19)(H2,15,16,17,20). The van der Waals surface area contributed by atoms with E-state index in [0.29, 0.717) is 0 Å². The summed E-state index contributed by atoms with van der Waals surface area (Å²) in [4.78, 5) is 32.8. The molecule has 114 valence electrons. The number of carbonyl (C=O) groups is 3. The number of nitrogens with one attached hydrogen (secondary N) is 2. The van der Waals surface area contributed by atoms with Crippen LogP contribution in [-0.4, -0.2) is 36.2 Å². The zero-order valence-electron chi connectivity index (χ0n) is 10.3. The van der Waals surface area contributed by atoms with Gasteiger partial charge in [-0.05, 0) is 12.1 Å². The SMILES string of the molecule is O=C(O)COCC(=O)NC(=O)Nc1cc(Cl)c(F)c(Cl)c1. The quantitative estimate of drug-likeness (QED) is 0.711. The molecule has 0 unspecified atom stereocenters. The summed E-state index contributed by atoms with van der Waals surface area (Å²) < 4.78 is 17.6. The molecule has 0 saturated heterocycles. The Morgan fingerprint density at radius 1 is 1.19 bits per heavy atom. The molecule has 1 rings (SSSR count). The van der Waals surface area contributed by atoms with E-state index in [-0.39, 0.29) is 15.7 Å². The number of urea groups is 1. The maximum absolute atomic E-state index is 13.2. The highest BCUT2D eigenvalue weighted by Gasteiger charge is 2.12. The van der Waals surface area contributed by atoms with E-state index in [1.54, 1.807) is 0 Å². The second kappa shape index (κ2) is 7.77. The molecule has 0 bridgehead atoms. The van der Waals surface area contributed by atoms with Crippen molar-refractivity contribution >= 4 is 46.8 Å². The average molecular weight is 339 g/mol. The number of amides is 3. The summed E-state index contributed by atoms with van der Waals surface area (Å²) in [6.07, 6.45) is 0. The normalized spacial score (nSPS) is 10.0. The van der Waals surface area contributed by atoms with Gasteiger partial charge in [0.2, 0.25) is 0 Å². The van der Waals surface area contributed by atoms with Crippen LogP contribution in [0.5, 0.6) is 0 Å². The first-order valence-electron chi connectivity index (χ1n) is 5.34. The smallest absolute Gasteiger partial charge is 0.329 e. The Hall–Kier alpha value is -1.90. The Balaban J connectivity index is 2.50. The first-order valence-corrected chi connectivity index (χ1v) is 6.10. The van der Waals surface area contributed by atoms with E-state index in [4.69, 9.17) is 28.3 Å². The average Bonchev–Trinajstić information content (AvgIpc) is 2.35. The number of imide groups is 1. The number of carboxylic acid groups (broad SMARTS) is 1. The van der Waals surface area contributed by atoms with Gasteiger partial charge in [0.15, 0.2) is 5.82 Å². The molecule has 21 heavy (non-hydrogen) atoms. The van der Waals surface area contributed by atoms with Crippen molar-refractivity contribution in [3.05, 3.63) is 28.0 Å². The van der Waals surface area contributed by atoms with Crippen molar-refractivity contribution in [3.63, 3.8) is 0 Å². The van der Waals surface area contributed by atoms with Gasteiger partial charge in [-0.1, -0.05) is 23.2 Å². The highest BCUT2D eigenvalue weighted by atomic mass is 35.5. The van der Waals surface area contributed by atoms with Gasteiger partial charge >= 0.3 is 12.0 Å². The summed E-state index contributed by atoms with van der Waals surface area (Å²) in [5.74, 6) is -2.93. The molecule has 1 aromatic carbocycles. The number of hydrogen-bond donors (Lipinski definition) is 3. The molecule has 0 heterocycles. The van der Waals surface area contributed by atoms with Crippen molar-refractivity contribution < 1.29 is 28.6 Å². The van der Waals surface area contributed by atoms with E-state index < -0.39 is 36.9 Å². The number of hydrogen-bond acceptors (Lipinski definition) is 4. The summed E-state index contributed by atoms with van der Waals surface area (Å²) in [6, 6.07) is 1.28. The van der Waals surface area contributed by atoms with Gasteiger partial charge in [-0.3, -0.25) is 10.1 Å². The third kappa shape index (κ3) is 5.94. The van der Waals surface area contributed by atoms with Gasteiger partial charge in [0, 0.05) is 5.69 Å². The van der Waals surface area contributed by atoms with Gasteiger partial charge in [-0.25, -0.2) is 14.0 Å². The van der Waals surface area contributed by atoms with Crippen molar-refractivity contribution in [1.29, 1.82) is 0 Å². The lowest BCUT2D eigenvalue weighted by Gasteiger charge is -2.08. The van der Waals surface area contributed by atoms with Gasteiger partial charge < -0.3 is 15.2 Å². The molecule has 0 atom stereocenters. The Labute approximate surface area is 128 Å². The Morgan fingerprint density at radius 2 is 1.76 bits per heavy atom. The van der Waals surface area contributed by atoms with Crippen LogP contribution < -0.4 is 10.6 Å². The molecule has 0 aliphatic carbocycles. The molecular formula is C11H9Cl2FN2O5. The van der Waals surface area contributed by atoms with Gasteiger partial charge in [-0.2, -0.15) is 0 Å². The number of ether oxygens (including phenoxy) is 1. The second-order valence-electron chi connectivity index (χ2n) is 3.64. The number of aliphatic carboxylic acids is 1. The fraction of sp³-hybridized carbons (Fsp3) is 0.182. The van der Waals surface area contributed by atoms with Crippen molar-refractivity contribution in [2.24, 2.45) is 0 Å². The van der Waals surface area contributed by atoms with Gasteiger partial charge in [0.25, 0.3) is 5.91 Å². The number of carboxylic acids is 1. The minimum atomic E-state index is -1.25. The van der Waals surface area contributed by atoms with E-state index in [0.717, 1.165) is 12.1 Å². The van der Waals surface area contributed by atoms with Gasteiger partial charge in [-0.15, -0.1) is 0 Å². The van der Waals surface area contributed by atoms with E-state index in [2.05, 4.69) is 10.1 Å². The zero-order chi connectivity index (χ0) is 16.0. The molecule has 10 heteroatoms. The molecule has 1 aromatic rings. The first kappa shape index (κ1) is 17.2. The van der Waals surface area contributed by atoms with Crippen LogP contribution in [0, 0.1) is 5.82 Å². The summed E-state index contributed by atoms with van der Waals surface area (Å²) in [5.41, 5.74) is 0.0724. The van der Waals surface area contributed by atoms with Crippen LogP contribution in [0.1, 0.15) is 0 Å². The lowest BCUT2D eigenvalue weighted by Crippen LogP contribution is -2.37. The highest BCUT2D eigenvalue weighted by Crippen LogP contribution is 2.27. The molecule has 0 aliphatic rings. The molecule has 3 N–H and O–H groups in total. The first-order chi connectivity index (χ1) is 9.79. The molecule has 0 spiro atoms.